The van der Waals surface area contributed by atoms with Gasteiger partial charge in [0.1, 0.15) is 42.3 Å². The summed E-state index contributed by atoms with van der Waals surface area (Å²) < 4.78 is 10.2. The molecule has 1 amide bonds. The van der Waals surface area contributed by atoms with Gasteiger partial charge in [-0.15, -0.1) is 0 Å². The normalized spacial score (nSPS) is 17.5. The Hall–Kier alpha value is -3.18. The van der Waals surface area contributed by atoms with Crippen LogP contribution in [0.4, 0.5) is 0 Å². The third kappa shape index (κ3) is 6.29. The van der Waals surface area contributed by atoms with Gasteiger partial charge in [-0.3, -0.25) is 4.79 Å². The maximum atomic E-state index is 13.1. The lowest BCUT2D eigenvalue weighted by molar-refractivity contribution is -0.152. The van der Waals surface area contributed by atoms with Gasteiger partial charge in [0.15, 0.2) is 0 Å². The quantitative estimate of drug-likeness (QED) is 0.308. The molecule has 4 unspecified atom stereocenters. The van der Waals surface area contributed by atoms with Gasteiger partial charge < -0.3 is 35.2 Å². The number of hydrogen-bond donors (Lipinski definition) is 5. The van der Waals surface area contributed by atoms with Crippen molar-refractivity contribution in [3.63, 3.8) is 0 Å². The van der Waals surface area contributed by atoms with Crippen LogP contribution in [0.1, 0.15) is 38.8 Å². The number of esters is 2. The molecule has 0 saturated heterocycles. The van der Waals surface area contributed by atoms with Crippen LogP contribution < -0.4 is 5.32 Å². The zero-order valence-corrected chi connectivity index (χ0v) is 19.6. The van der Waals surface area contributed by atoms with Crippen LogP contribution in [0.15, 0.2) is 36.4 Å². The number of cyclic esters (lactones) is 1. The van der Waals surface area contributed by atoms with Crippen LogP contribution in [0.25, 0.3) is 0 Å². The lowest BCUT2D eigenvalue weighted by Gasteiger charge is -2.25. The summed E-state index contributed by atoms with van der Waals surface area (Å²) in [6, 6.07) is 8.65. The van der Waals surface area contributed by atoms with Crippen molar-refractivity contribution >= 4 is 29.4 Å². The monoisotopic (exact) mass is 507 g/mol. The molecule has 3 rings (SSSR count). The molecule has 2 aromatic rings. The standard InChI is InChI=1S/C24H26ClNO9/c1-12-7-14-16(25)9-15(21(30)20(14)24(33)35-12)22(31)26-17(8-13-5-3-2-4-6-13)23(32)34-11-19(29)18(28)10-27/h2-6,9,12,17-19,27-30H,7-8,10-11H2,1H3,(H,26,31). The number of halogens is 1. The number of rotatable bonds is 9. The third-order valence-electron chi connectivity index (χ3n) is 5.50. The first-order chi connectivity index (χ1) is 16.6. The first kappa shape index (κ1) is 26.4. The molecule has 0 spiro atoms. The SMILES string of the molecule is CC1Cc2c(Cl)cc(C(=O)NC(Cc3ccccc3)C(=O)OCC(O)C(O)CO)c(O)c2C(=O)O1. The number of nitrogens with one attached hydrogen (secondary N) is 1. The smallest absolute Gasteiger partial charge is 0.342 e. The highest BCUT2D eigenvalue weighted by Gasteiger charge is 2.33. The summed E-state index contributed by atoms with van der Waals surface area (Å²) in [7, 11) is 0. The minimum Gasteiger partial charge on any atom is -0.506 e. The number of phenols is 1. The summed E-state index contributed by atoms with van der Waals surface area (Å²) in [5, 5.41) is 41.4. The Labute approximate surface area is 206 Å². The molecule has 0 aliphatic carbocycles. The fourth-order valence-corrected chi connectivity index (χ4v) is 3.90. The molecule has 11 heteroatoms. The van der Waals surface area contributed by atoms with Crippen LogP contribution in [0.3, 0.4) is 0 Å². The Kier molecular flexibility index (Phi) is 8.68. The number of aromatic hydroxyl groups is 1. The zero-order chi connectivity index (χ0) is 25.7. The van der Waals surface area contributed by atoms with Crippen molar-refractivity contribution in [2.45, 2.75) is 44.1 Å². The van der Waals surface area contributed by atoms with Crippen molar-refractivity contribution in [2.75, 3.05) is 13.2 Å². The topological polar surface area (TPSA) is 163 Å². The fourth-order valence-electron chi connectivity index (χ4n) is 3.62. The molecule has 0 radical (unpaired) electrons. The molecule has 0 bridgehead atoms. The maximum absolute atomic E-state index is 13.1. The predicted octanol–water partition coefficient (Wildman–Crippen LogP) is 0.745. The van der Waals surface area contributed by atoms with Crippen LogP contribution in [-0.2, 0) is 27.1 Å². The second-order valence-corrected chi connectivity index (χ2v) is 8.60. The molecular formula is C24H26ClNO9. The molecular weight excluding hydrogens is 482 g/mol. The van der Waals surface area contributed by atoms with Gasteiger partial charge in [0.2, 0.25) is 0 Å². The molecule has 1 aliphatic rings. The molecule has 0 saturated carbocycles. The number of carbonyl (C=O) groups excluding carboxylic acids is 3. The summed E-state index contributed by atoms with van der Waals surface area (Å²) in [6.07, 6.45) is -3.23. The van der Waals surface area contributed by atoms with Crippen molar-refractivity contribution in [1.29, 1.82) is 0 Å². The van der Waals surface area contributed by atoms with Gasteiger partial charge in [-0.2, -0.15) is 0 Å². The van der Waals surface area contributed by atoms with E-state index in [2.05, 4.69) is 5.32 Å². The van der Waals surface area contributed by atoms with Gasteiger partial charge in [-0.05, 0) is 24.1 Å². The number of benzene rings is 2. The molecule has 1 heterocycles. The van der Waals surface area contributed by atoms with E-state index in [9.17, 15) is 29.7 Å². The van der Waals surface area contributed by atoms with E-state index < -0.39 is 61.2 Å². The van der Waals surface area contributed by atoms with Gasteiger partial charge in [0, 0.05) is 17.9 Å². The Morgan fingerprint density at radius 3 is 2.57 bits per heavy atom. The summed E-state index contributed by atoms with van der Waals surface area (Å²) in [6.45, 7) is 0.315. The average molecular weight is 508 g/mol. The van der Waals surface area contributed by atoms with E-state index in [1.165, 1.54) is 6.07 Å². The van der Waals surface area contributed by atoms with E-state index in [-0.39, 0.29) is 29.0 Å². The number of carbonyl (C=O) groups is 3. The zero-order valence-electron chi connectivity index (χ0n) is 18.8. The Bertz CT molecular complexity index is 1090. The molecule has 35 heavy (non-hydrogen) atoms. The lowest BCUT2D eigenvalue weighted by Crippen LogP contribution is -2.45. The van der Waals surface area contributed by atoms with E-state index >= 15 is 0 Å². The van der Waals surface area contributed by atoms with Crippen LogP contribution in [-0.4, -0.2) is 75.8 Å². The molecule has 2 aromatic carbocycles. The van der Waals surface area contributed by atoms with Crippen molar-refractivity contribution in [2.24, 2.45) is 0 Å². The van der Waals surface area contributed by atoms with Crippen LogP contribution in [0, 0.1) is 0 Å². The number of phenolic OH excluding ortho intramolecular Hbond substituents is 1. The van der Waals surface area contributed by atoms with Gasteiger partial charge in [0.05, 0.1) is 12.2 Å². The first-order valence-electron chi connectivity index (χ1n) is 10.9. The van der Waals surface area contributed by atoms with Crippen molar-refractivity contribution < 1.29 is 44.3 Å². The largest absolute Gasteiger partial charge is 0.506 e. The maximum Gasteiger partial charge on any atom is 0.342 e. The van der Waals surface area contributed by atoms with E-state index in [1.54, 1.807) is 37.3 Å². The molecule has 1 aliphatic heterocycles. The van der Waals surface area contributed by atoms with Crippen molar-refractivity contribution in [3.8, 4) is 5.75 Å². The van der Waals surface area contributed by atoms with Gasteiger partial charge in [-0.25, -0.2) is 9.59 Å². The van der Waals surface area contributed by atoms with Gasteiger partial charge >= 0.3 is 11.9 Å². The Morgan fingerprint density at radius 2 is 1.91 bits per heavy atom. The first-order valence-corrected chi connectivity index (χ1v) is 11.2. The average Bonchev–Trinajstić information content (AvgIpc) is 2.83. The highest BCUT2D eigenvalue weighted by Crippen LogP contribution is 2.36. The summed E-state index contributed by atoms with van der Waals surface area (Å²) in [5.74, 6) is -3.26. The molecule has 4 atom stereocenters. The number of amides is 1. The van der Waals surface area contributed by atoms with Crippen LogP contribution >= 0.6 is 11.6 Å². The molecule has 0 aromatic heterocycles. The minimum atomic E-state index is -1.53. The van der Waals surface area contributed by atoms with E-state index in [0.29, 0.717) is 11.1 Å². The second kappa shape index (κ2) is 11.5. The fraction of sp³-hybridized carbons (Fsp3) is 0.375. The number of fused-ring (bicyclic) bond motifs is 1. The van der Waals surface area contributed by atoms with E-state index in [0.717, 1.165) is 0 Å². The molecule has 188 valence electrons. The molecule has 10 nitrogen and oxygen atoms in total. The Morgan fingerprint density at radius 1 is 1.23 bits per heavy atom. The highest BCUT2D eigenvalue weighted by molar-refractivity contribution is 6.32. The molecule has 5 N–H and O–H groups in total. The van der Waals surface area contributed by atoms with Crippen LogP contribution in [0.5, 0.6) is 5.75 Å². The summed E-state index contributed by atoms with van der Waals surface area (Å²) >= 11 is 6.29. The van der Waals surface area contributed by atoms with E-state index in [1.807, 2.05) is 0 Å². The minimum absolute atomic E-state index is 0.00303. The Balaban J connectivity index is 1.85. The third-order valence-corrected chi connectivity index (χ3v) is 5.84. The number of hydrogen-bond acceptors (Lipinski definition) is 9. The highest BCUT2D eigenvalue weighted by atomic mass is 35.5. The predicted molar refractivity (Wildman–Crippen MR) is 123 cm³/mol. The van der Waals surface area contributed by atoms with E-state index in [4.69, 9.17) is 26.2 Å². The summed E-state index contributed by atoms with van der Waals surface area (Å²) in [4.78, 5) is 38.1. The summed E-state index contributed by atoms with van der Waals surface area (Å²) in [5.41, 5.74) is 0.503. The number of ether oxygens (including phenoxy) is 2. The van der Waals surface area contributed by atoms with Gasteiger partial charge in [0.25, 0.3) is 5.91 Å². The number of aliphatic hydroxyl groups excluding tert-OH is 3. The number of aliphatic hydroxyl groups is 3. The van der Waals surface area contributed by atoms with Gasteiger partial charge in [-0.1, -0.05) is 41.9 Å². The van der Waals surface area contributed by atoms with Crippen molar-refractivity contribution in [1.82, 2.24) is 5.32 Å². The van der Waals surface area contributed by atoms with Crippen molar-refractivity contribution in [3.05, 3.63) is 63.7 Å². The second-order valence-electron chi connectivity index (χ2n) is 8.19. The lowest BCUT2D eigenvalue weighted by atomic mass is 9.95. The molecule has 0 fully saturated rings. The van der Waals surface area contributed by atoms with Crippen LogP contribution in [0.2, 0.25) is 5.02 Å².